The van der Waals surface area contributed by atoms with Gasteiger partial charge in [0.2, 0.25) is 0 Å². The van der Waals surface area contributed by atoms with Crippen LogP contribution in [0.5, 0.6) is 0 Å². The third-order valence-corrected chi connectivity index (χ3v) is 2.25. The lowest BCUT2D eigenvalue weighted by atomic mass is 10.1. The van der Waals surface area contributed by atoms with Gasteiger partial charge in [-0.2, -0.15) is 30.7 Å². The second-order valence-electron chi connectivity index (χ2n) is 3.73. The molecule has 0 aliphatic rings. The number of halogens is 7. The predicted octanol–water partition coefficient (Wildman–Crippen LogP) is 3.23. The van der Waals surface area contributed by atoms with Crippen molar-refractivity contribution in [2.75, 3.05) is 0 Å². The first-order chi connectivity index (χ1) is 9.00. The topological polar surface area (TPSA) is 20.2 Å². The van der Waals surface area contributed by atoms with E-state index >= 15 is 0 Å². The van der Waals surface area contributed by atoms with Crippen LogP contribution in [0.2, 0.25) is 0 Å². The molecule has 1 nitrogen and oxygen atoms in total. The average molecular weight is 300 g/mol. The van der Waals surface area contributed by atoms with Crippen molar-refractivity contribution in [1.29, 1.82) is 0 Å². The Balaban J connectivity index is 3.02. The summed E-state index contributed by atoms with van der Waals surface area (Å²) in [7, 11) is 0. The van der Waals surface area contributed by atoms with E-state index in [1.165, 1.54) is 30.2 Å². The maximum atomic E-state index is 13.0. The van der Waals surface area contributed by atoms with E-state index in [9.17, 15) is 30.7 Å². The van der Waals surface area contributed by atoms with E-state index in [0.717, 1.165) is 0 Å². The number of alkyl halides is 7. The predicted molar refractivity (Wildman–Crippen MR) is 55.3 cm³/mol. The van der Waals surface area contributed by atoms with Crippen LogP contribution in [-0.4, -0.2) is 29.2 Å². The van der Waals surface area contributed by atoms with Crippen molar-refractivity contribution in [3.8, 4) is 11.8 Å². The van der Waals surface area contributed by atoms with Gasteiger partial charge in [0, 0.05) is 5.56 Å². The molecule has 110 valence electrons. The van der Waals surface area contributed by atoms with Gasteiger partial charge in [-0.05, 0) is 12.1 Å². The molecule has 0 radical (unpaired) electrons. The molecule has 0 aliphatic heterocycles. The van der Waals surface area contributed by atoms with Gasteiger partial charge in [-0.1, -0.05) is 30.0 Å². The van der Waals surface area contributed by atoms with Gasteiger partial charge < -0.3 is 5.11 Å². The fourth-order valence-electron chi connectivity index (χ4n) is 1.12. The van der Waals surface area contributed by atoms with Crippen LogP contribution < -0.4 is 0 Å². The second kappa shape index (κ2) is 5.32. The summed E-state index contributed by atoms with van der Waals surface area (Å²) in [4.78, 5) is 0. The molecule has 1 atom stereocenters. The molecule has 0 aliphatic carbocycles. The number of aliphatic hydroxyl groups excluding tert-OH is 1. The molecule has 0 bridgehead atoms. The monoisotopic (exact) mass is 300 g/mol. The summed E-state index contributed by atoms with van der Waals surface area (Å²) in [6.07, 6.45) is -9.95. The summed E-state index contributed by atoms with van der Waals surface area (Å²) < 4.78 is 86.7. The Morgan fingerprint density at radius 1 is 0.900 bits per heavy atom. The summed E-state index contributed by atoms with van der Waals surface area (Å²) in [5.74, 6) is -8.95. The van der Waals surface area contributed by atoms with E-state index in [1.54, 1.807) is 6.07 Å². The summed E-state index contributed by atoms with van der Waals surface area (Å²) >= 11 is 0. The van der Waals surface area contributed by atoms with Crippen molar-refractivity contribution in [2.45, 2.75) is 24.1 Å². The van der Waals surface area contributed by atoms with Gasteiger partial charge in [0.25, 0.3) is 0 Å². The zero-order chi connectivity index (χ0) is 15.6. The maximum absolute atomic E-state index is 13.0. The third kappa shape index (κ3) is 3.04. The van der Waals surface area contributed by atoms with Crippen molar-refractivity contribution in [1.82, 2.24) is 0 Å². The Kier molecular flexibility index (Phi) is 4.34. The molecule has 0 saturated heterocycles. The van der Waals surface area contributed by atoms with Crippen LogP contribution in [0.25, 0.3) is 0 Å². The SMILES string of the molecule is O[C@@H](C#Cc1ccccc1)C(F)(F)C(F)(F)C(F)(F)F. The molecule has 0 saturated carbocycles. The Hall–Kier alpha value is -1.75. The third-order valence-electron chi connectivity index (χ3n) is 2.25. The first kappa shape index (κ1) is 16.3. The molecule has 1 N–H and O–H groups in total. The molecule has 8 heteroatoms. The quantitative estimate of drug-likeness (QED) is 0.657. The number of hydrogen-bond acceptors (Lipinski definition) is 1. The number of aliphatic hydroxyl groups is 1. The molecule has 0 amide bonds. The Morgan fingerprint density at radius 2 is 1.40 bits per heavy atom. The van der Waals surface area contributed by atoms with Gasteiger partial charge in [-0.3, -0.25) is 0 Å². The summed E-state index contributed by atoms with van der Waals surface area (Å²) in [6.45, 7) is 0. The van der Waals surface area contributed by atoms with Gasteiger partial charge >= 0.3 is 18.0 Å². The lowest BCUT2D eigenvalue weighted by Gasteiger charge is -2.29. The molecule has 0 aromatic heterocycles. The van der Waals surface area contributed by atoms with Crippen molar-refractivity contribution in [3.63, 3.8) is 0 Å². The number of hydrogen-bond donors (Lipinski definition) is 1. The van der Waals surface area contributed by atoms with Crippen LogP contribution in [0, 0.1) is 11.8 Å². The summed E-state index contributed by atoms with van der Waals surface area (Å²) in [5.41, 5.74) is 0.0812. The van der Waals surface area contributed by atoms with E-state index in [4.69, 9.17) is 5.11 Å². The van der Waals surface area contributed by atoms with Crippen LogP contribution in [-0.2, 0) is 0 Å². The van der Waals surface area contributed by atoms with Crippen molar-refractivity contribution in [3.05, 3.63) is 35.9 Å². The van der Waals surface area contributed by atoms with Gasteiger partial charge in [0.1, 0.15) is 0 Å². The molecule has 0 fully saturated rings. The largest absolute Gasteiger partial charge is 0.460 e. The Labute approximate surface area is 109 Å². The minimum atomic E-state index is -6.49. The van der Waals surface area contributed by atoms with E-state index in [-0.39, 0.29) is 5.56 Å². The minimum Gasteiger partial charge on any atom is -0.374 e. The van der Waals surface area contributed by atoms with Crippen LogP contribution in [0.3, 0.4) is 0 Å². The molecule has 20 heavy (non-hydrogen) atoms. The standard InChI is InChI=1S/C12H7F7O/c13-10(14,11(15,16)12(17,18)19)9(20)7-6-8-4-2-1-3-5-8/h1-5,9,20H/t9-/m0/s1. The molecule has 0 unspecified atom stereocenters. The normalized spacial score (nSPS) is 14.4. The highest BCUT2D eigenvalue weighted by Gasteiger charge is 2.75. The van der Waals surface area contributed by atoms with Gasteiger partial charge in [0.05, 0.1) is 0 Å². The maximum Gasteiger partial charge on any atom is 0.460 e. The zero-order valence-corrected chi connectivity index (χ0v) is 9.56. The molecule has 1 aromatic carbocycles. The Morgan fingerprint density at radius 3 is 1.85 bits per heavy atom. The fraction of sp³-hybridized carbons (Fsp3) is 0.333. The molecular formula is C12H7F7O. The number of rotatable bonds is 2. The van der Waals surface area contributed by atoms with Crippen LogP contribution in [0.4, 0.5) is 30.7 Å². The van der Waals surface area contributed by atoms with Crippen molar-refractivity contribution < 1.29 is 35.8 Å². The number of benzene rings is 1. The van der Waals surface area contributed by atoms with E-state index in [2.05, 4.69) is 0 Å². The highest BCUT2D eigenvalue weighted by atomic mass is 19.4. The zero-order valence-electron chi connectivity index (χ0n) is 9.56. The first-order valence-corrected chi connectivity index (χ1v) is 5.07. The first-order valence-electron chi connectivity index (χ1n) is 5.07. The second-order valence-corrected chi connectivity index (χ2v) is 3.73. The molecule has 1 aromatic rings. The van der Waals surface area contributed by atoms with Crippen molar-refractivity contribution in [2.24, 2.45) is 0 Å². The molecule has 1 rings (SSSR count). The van der Waals surface area contributed by atoms with E-state index in [1.807, 2.05) is 5.92 Å². The molecular weight excluding hydrogens is 293 g/mol. The highest BCUT2D eigenvalue weighted by Crippen LogP contribution is 2.47. The van der Waals surface area contributed by atoms with E-state index in [0.29, 0.717) is 0 Å². The van der Waals surface area contributed by atoms with Gasteiger partial charge in [-0.15, -0.1) is 0 Å². The lowest BCUT2D eigenvalue weighted by molar-refractivity contribution is -0.366. The summed E-state index contributed by atoms with van der Waals surface area (Å²) in [5, 5.41) is 8.83. The van der Waals surface area contributed by atoms with E-state index < -0.39 is 24.1 Å². The highest BCUT2D eigenvalue weighted by molar-refractivity contribution is 5.35. The molecule has 0 spiro atoms. The van der Waals surface area contributed by atoms with Crippen molar-refractivity contribution >= 4 is 0 Å². The van der Waals surface area contributed by atoms with Gasteiger partial charge in [-0.25, -0.2) is 0 Å². The fourth-order valence-corrected chi connectivity index (χ4v) is 1.12. The minimum absolute atomic E-state index is 0.0812. The van der Waals surface area contributed by atoms with Crippen LogP contribution >= 0.6 is 0 Å². The lowest BCUT2D eigenvalue weighted by Crippen LogP contribution is -2.57. The Bertz CT molecular complexity index is 510. The molecule has 0 heterocycles. The van der Waals surface area contributed by atoms with Crippen LogP contribution in [0.1, 0.15) is 5.56 Å². The van der Waals surface area contributed by atoms with Gasteiger partial charge in [0.15, 0.2) is 6.10 Å². The average Bonchev–Trinajstić information content (AvgIpc) is 2.35. The smallest absolute Gasteiger partial charge is 0.374 e. The summed E-state index contributed by atoms with van der Waals surface area (Å²) in [6, 6.07) is 7.05. The van der Waals surface area contributed by atoms with Crippen LogP contribution in [0.15, 0.2) is 30.3 Å².